The first-order chi connectivity index (χ1) is 17.0. The van der Waals surface area contributed by atoms with Crippen LogP contribution in [-0.4, -0.2) is 112 Å². The maximum atomic E-state index is 12.2. The Morgan fingerprint density at radius 1 is 0.973 bits per heavy atom. The molecular formula is C15H22N2O18P2. The fraction of sp³-hybridized carbons (Fsp3) is 0.667. The lowest BCUT2D eigenvalue weighted by atomic mass is 9.99. The zero-order valence-corrected chi connectivity index (χ0v) is 19.8. The Kier molecular flexibility index (Phi) is 8.89. The van der Waals surface area contributed by atoms with Gasteiger partial charge in [0.05, 0.1) is 6.61 Å². The van der Waals surface area contributed by atoms with E-state index >= 15 is 0 Å². The third kappa shape index (κ3) is 6.77. The summed E-state index contributed by atoms with van der Waals surface area (Å²) in [5.41, 5.74) is -1.78. The fourth-order valence-electron chi connectivity index (χ4n) is 3.34. The highest BCUT2D eigenvalue weighted by molar-refractivity contribution is 7.61. The Labute approximate surface area is 204 Å². The van der Waals surface area contributed by atoms with Crippen LogP contribution < -0.4 is 11.2 Å². The lowest BCUT2D eigenvalue weighted by Gasteiger charge is -2.38. The van der Waals surface area contributed by atoms with E-state index in [4.69, 9.17) is 9.84 Å². The normalized spacial score (nSPS) is 37.5. The van der Waals surface area contributed by atoms with E-state index < -0.39 is 94.7 Å². The van der Waals surface area contributed by atoms with Crippen LogP contribution in [0.4, 0.5) is 0 Å². The van der Waals surface area contributed by atoms with Gasteiger partial charge < -0.3 is 49.9 Å². The van der Waals surface area contributed by atoms with Gasteiger partial charge in [-0.15, -0.1) is 0 Å². The highest BCUT2D eigenvalue weighted by atomic mass is 31.3. The maximum absolute atomic E-state index is 12.2. The Balaban J connectivity index is 1.63. The van der Waals surface area contributed by atoms with Gasteiger partial charge in [0, 0.05) is 12.3 Å². The van der Waals surface area contributed by atoms with Crippen molar-refractivity contribution in [3.8, 4) is 0 Å². The zero-order chi connectivity index (χ0) is 27.9. The van der Waals surface area contributed by atoms with Crippen molar-refractivity contribution in [3.63, 3.8) is 0 Å². The number of H-pyrrole nitrogens is 1. The predicted octanol–water partition coefficient (Wildman–Crippen LogP) is -4.70. The number of phosphoric acid groups is 2. The van der Waals surface area contributed by atoms with Gasteiger partial charge in [0.2, 0.25) is 0 Å². The number of hydrogen-bond acceptors (Lipinski definition) is 15. The number of aromatic nitrogens is 2. The van der Waals surface area contributed by atoms with Crippen molar-refractivity contribution >= 4 is 21.6 Å². The zero-order valence-electron chi connectivity index (χ0n) is 18.1. The average molecular weight is 580 g/mol. The number of aliphatic carboxylic acids is 1. The van der Waals surface area contributed by atoms with Crippen molar-refractivity contribution in [2.24, 2.45) is 0 Å². The van der Waals surface area contributed by atoms with E-state index in [1.54, 1.807) is 0 Å². The molecule has 0 radical (unpaired) electrons. The number of carbonyl (C=O) groups is 1. The van der Waals surface area contributed by atoms with E-state index in [1.165, 1.54) is 0 Å². The fourth-order valence-corrected chi connectivity index (χ4v) is 5.49. The van der Waals surface area contributed by atoms with Gasteiger partial charge in [-0.2, -0.15) is 4.31 Å². The van der Waals surface area contributed by atoms with Gasteiger partial charge >= 0.3 is 27.3 Å². The summed E-state index contributed by atoms with van der Waals surface area (Å²) in [6.45, 7) is -1.07. The van der Waals surface area contributed by atoms with Gasteiger partial charge in [-0.3, -0.25) is 23.4 Å². The molecule has 0 saturated carbocycles. The quantitative estimate of drug-likeness (QED) is 0.124. The Morgan fingerprint density at radius 2 is 1.62 bits per heavy atom. The second-order valence-corrected chi connectivity index (χ2v) is 10.7. The molecule has 2 unspecified atom stereocenters. The molecule has 1 aromatic rings. The second-order valence-electron chi connectivity index (χ2n) is 7.72. The summed E-state index contributed by atoms with van der Waals surface area (Å²) in [6.07, 6.45) is -17.2. The smallest absolute Gasteiger partial charge is 0.479 e. The molecule has 3 heterocycles. The lowest BCUT2D eigenvalue weighted by molar-refractivity contribution is -0.274. The lowest BCUT2D eigenvalue weighted by Crippen LogP contribution is -2.60. The van der Waals surface area contributed by atoms with E-state index in [1.807, 2.05) is 4.98 Å². The summed E-state index contributed by atoms with van der Waals surface area (Å²) in [6, 6.07) is 0.910. The Bertz CT molecular complexity index is 1200. The molecule has 22 heteroatoms. The highest BCUT2D eigenvalue weighted by Gasteiger charge is 2.51. The van der Waals surface area contributed by atoms with Crippen LogP contribution in [0.25, 0.3) is 0 Å². The molecule has 0 amide bonds. The van der Waals surface area contributed by atoms with E-state index in [-0.39, 0.29) is 0 Å². The van der Waals surface area contributed by atoms with Crippen LogP contribution in [0.1, 0.15) is 6.23 Å². The molecule has 20 nitrogen and oxygen atoms in total. The van der Waals surface area contributed by atoms with Gasteiger partial charge in [-0.05, 0) is 0 Å². The van der Waals surface area contributed by atoms with Gasteiger partial charge in [0.15, 0.2) is 18.6 Å². The van der Waals surface area contributed by atoms with Crippen molar-refractivity contribution in [1.82, 2.24) is 9.55 Å². The number of aromatic amines is 1. The number of phosphoric ester groups is 2. The molecule has 3 rings (SSSR count). The van der Waals surface area contributed by atoms with Crippen LogP contribution >= 0.6 is 15.6 Å². The molecule has 2 fully saturated rings. The van der Waals surface area contributed by atoms with E-state index in [2.05, 4.69) is 18.1 Å². The van der Waals surface area contributed by atoms with Crippen LogP contribution in [0.2, 0.25) is 0 Å². The first-order valence-electron chi connectivity index (χ1n) is 9.98. The van der Waals surface area contributed by atoms with Crippen LogP contribution in [0.5, 0.6) is 0 Å². The SMILES string of the molecule is O=C(O)[C@H]1O[C@H](OP(=O)(O)OP(=O)(O)OC[C@H]2O[C@@H](n3ccc(=O)[nH]c3=O)[C@@H](O)[C@H]2O)[C@H](O)[C@@H](O)[C@H]1O. The molecule has 37 heavy (non-hydrogen) atoms. The Morgan fingerprint density at radius 3 is 2.22 bits per heavy atom. The van der Waals surface area contributed by atoms with Gasteiger partial charge in [0.1, 0.15) is 36.6 Å². The minimum atomic E-state index is -5.72. The molecule has 2 aliphatic rings. The molecule has 2 saturated heterocycles. The highest BCUT2D eigenvalue weighted by Crippen LogP contribution is 2.61. The van der Waals surface area contributed by atoms with E-state index in [9.17, 15) is 58.8 Å². The molecular weight excluding hydrogens is 558 g/mol. The van der Waals surface area contributed by atoms with Crippen LogP contribution in [0.3, 0.4) is 0 Å². The topological polar surface area (TPSA) is 314 Å². The number of rotatable bonds is 9. The number of carboxylic acid groups (broad SMARTS) is 1. The minimum absolute atomic E-state index is 0.700. The molecule has 1 aromatic heterocycles. The monoisotopic (exact) mass is 580 g/mol. The van der Waals surface area contributed by atoms with Crippen molar-refractivity contribution in [2.45, 2.75) is 55.2 Å². The third-order valence-electron chi connectivity index (χ3n) is 5.12. The second kappa shape index (κ2) is 11.1. The van der Waals surface area contributed by atoms with Crippen molar-refractivity contribution in [2.75, 3.05) is 6.61 Å². The predicted molar refractivity (Wildman–Crippen MR) is 109 cm³/mol. The number of aliphatic hydroxyl groups excluding tert-OH is 5. The number of hydrogen-bond donors (Lipinski definition) is 9. The van der Waals surface area contributed by atoms with Crippen LogP contribution in [0.15, 0.2) is 21.9 Å². The molecule has 0 bridgehead atoms. The van der Waals surface area contributed by atoms with Crippen LogP contribution in [0, 0.1) is 0 Å². The average Bonchev–Trinajstić information content (AvgIpc) is 3.05. The number of carboxylic acids is 1. The molecule has 0 aromatic carbocycles. The number of nitrogens with zero attached hydrogens (tertiary/aromatic N) is 1. The summed E-state index contributed by atoms with van der Waals surface area (Å²) in [5.74, 6) is -1.85. The summed E-state index contributed by atoms with van der Waals surface area (Å²) in [5, 5.41) is 58.3. The van der Waals surface area contributed by atoms with Gasteiger partial charge in [-0.1, -0.05) is 0 Å². The molecule has 0 aliphatic carbocycles. The molecule has 11 atom stereocenters. The van der Waals surface area contributed by atoms with E-state index in [0.29, 0.717) is 4.57 Å². The van der Waals surface area contributed by atoms with Crippen molar-refractivity contribution in [3.05, 3.63) is 33.1 Å². The van der Waals surface area contributed by atoms with Crippen molar-refractivity contribution < 1.29 is 77.2 Å². The van der Waals surface area contributed by atoms with Gasteiger partial charge in [-0.25, -0.2) is 18.7 Å². The first kappa shape index (κ1) is 29.7. The number of aliphatic hydroxyl groups is 5. The number of nitrogens with one attached hydrogen (secondary N) is 1. The Hall–Kier alpha value is -1.87. The van der Waals surface area contributed by atoms with Crippen molar-refractivity contribution in [1.29, 1.82) is 0 Å². The summed E-state index contributed by atoms with van der Waals surface area (Å²) in [7, 11) is -11.3. The summed E-state index contributed by atoms with van der Waals surface area (Å²) < 4.78 is 47.6. The molecule has 9 N–H and O–H groups in total. The molecule has 210 valence electrons. The third-order valence-corrected chi connectivity index (χ3v) is 7.72. The standard InChI is InChI=1S/C15H22N2O18P2/c18-5-1-2-17(15(26)16-5)12-9(22)6(19)4(32-12)3-31-36(27,28)35-37(29,30)34-14-10(23)7(20)8(21)11(33-14)13(24)25/h1-2,4,6-12,14,19-23H,3H2,(H,24,25)(H,27,28)(H,29,30)(H,16,18,26)/t4-,6+,7+,8-,9+,10-,11+,12-,14-/m1/s1. The molecule has 2 aliphatic heterocycles. The van der Waals surface area contributed by atoms with E-state index in [0.717, 1.165) is 12.3 Å². The van der Waals surface area contributed by atoms with Crippen LogP contribution in [-0.2, 0) is 36.8 Å². The first-order valence-corrected chi connectivity index (χ1v) is 13.0. The maximum Gasteiger partial charge on any atom is 0.483 e. The summed E-state index contributed by atoms with van der Waals surface area (Å²) >= 11 is 0. The van der Waals surface area contributed by atoms with Gasteiger partial charge in [0.25, 0.3) is 5.56 Å². The number of ether oxygens (including phenoxy) is 2. The molecule has 0 spiro atoms. The minimum Gasteiger partial charge on any atom is -0.479 e. The largest absolute Gasteiger partial charge is 0.483 e. The summed E-state index contributed by atoms with van der Waals surface area (Å²) in [4.78, 5) is 55.5.